The van der Waals surface area contributed by atoms with Crippen molar-refractivity contribution >= 4 is 55.0 Å². The number of hydrogen-bond acceptors (Lipinski definition) is 10. The van der Waals surface area contributed by atoms with Crippen molar-refractivity contribution in [2.75, 3.05) is 63.1 Å². The maximum absolute atomic E-state index is 16.7. The molecular weight excluding hydrogens is 601 g/mol. The first-order valence-corrected chi connectivity index (χ1v) is 15.7. The Morgan fingerprint density at radius 2 is 2.02 bits per heavy atom. The van der Waals surface area contributed by atoms with Crippen molar-refractivity contribution in [3.63, 3.8) is 0 Å². The molecule has 0 aliphatic carbocycles. The molecule has 4 fully saturated rings. The maximum Gasteiger partial charge on any atom is 0.319 e. The maximum atomic E-state index is 16.7. The lowest BCUT2D eigenvalue weighted by atomic mass is 9.89. The Labute approximate surface area is 254 Å². The van der Waals surface area contributed by atoms with Crippen LogP contribution in [0, 0.1) is 11.6 Å². The summed E-state index contributed by atoms with van der Waals surface area (Å²) >= 11 is 7.79. The highest BCUT2D eigenvalue weighted by molar-refractivity contribution is 7.22. The zero-order valence-electron chi connectivity index (χ0n) is 23.2. The van der Waals surface area contributed by atoms with Gasteiger partial charge >= 0.3 is 6.01 Å². The van der Waals surface area contributed by atoms with Gasteiger partial charge in [-0.25, -0.2) is 18.2 Å². The van der Waals surface area contributed by atoms with E-state index in [1.54, 1.807) is 6.07 Å². The van der Waals surface area contributed by atoms with Gasteiger partial charge in [0.2, 0.25) is 0 Å². The third kappa shape index (κ3) is 4.42. The van der Waals surface area contributed by atoms with Crippen molar-refractivity contribution in [2.45, 2.75) is 36.5 Å². The van der Waals surface area contributed by atoms with E-state index in [0.29, 0.717) is 42.8 Å². The Morgan fingerprint density at radius 1 is 1.16 bits per heavy atom. The molecule has 8 rings (SSSR count). The molecule has 2 aromatic heterocycles. The molecule has 4 aliphatic heterocycles. The van der Waals surface area contributed by atoms with E-state index in [1.807, 2.05) is 0 Å². The van der Waals surface area contributed by atoms with Gasteiger partial charge in [0.05, 0.1) is 26.3 Å². The molecule has 6 heterocycles. The molecular formula is C29H30ClF3N8OS. The average Bonchev–Trinajstić information content (AvgIpc) is 3.64. The molecule has 0 radical (unpaired) electrons. The number of nitrogens with two attached hydrogens (primary N) is 1. The fraction of sp³-hybridized carbons (Fsp3) is 0.483. The Hall–Kier alpha value is -2.97. The molecule has 9 nitrogen and oxygen atoms in total. The highest BCUT2D eigenvalue weighted by Gasteiger charge is 2.49. The van der Waals surface area contributed by atoms with E-state index in [1.165, 1.54) is 12.1 Å². The lowest BCUT2D eigenvalue weighted by molar-refractivity contribution is 0.107. The Bertz CT molecular complexity index is 1770. The van der Waals surface area contributed by atoms with E-state index >= 15 is 4.39 Å². The average molecular weight is 631 g/mol. The van der Waals surface area contributed by atoms with Gasteiger partial charge < -0.3 is 26.0 Å². The number of ether oxygens (including phenoxy) is 1. The summed E-state index contributed by atoms with van der Waals surface area (Å²) in [5, 5.41) is 7.66. The molecule has 0 bridgehead atoms. The van der Waals surface area contributed by atoms with E-state index < -0.39 is 23.3 Å². The topological polar surface area (TPSA) is 104 Å². The minimum absolute atomic E-state index is 0.0275. The quantitative estimate of drug-likeness (QED) is 0.300. The summed E-state index contributed by atoms with van der Waals surface area (Å²) in [5.41, 5.74) is 6.02. The summed E-state index contributed by atoms with van der Waals surface area (Å²) in [6.07, 6.45) is 1.29. The largest absolute Gasteiger partial charge is 0.461 e. The molecule has 2 aromatic carbocycles. The lowest BCUT2D eigenvalue weighted by Gasteiger charge is -2.50. The number of thiazole rings is 1. The first-order valence-electron chi connectivity index (χ1n) is 14.5. The van der Waals surface area contributed by atoms with E-state index in [0.717, 1.165) is 50.4 Å². The van der Waals surface area contributed by atoms with Gasteiger partial charge in [-0.1, -0.05) is 22.9 Å². The molecule has 1 spiro atoms. The first-order chi connectivity index (χ1) is 20.7. The fourth-order valence-corrected chi connectivity index (χ4v) is 8.41. The Morgan fingerprint density at radius 3 is 2.84 bits per heavy atom. The van der Waals surface area contributed by atoms with Crippen LogP contribution in [0.25, 0.3) is 32.2 Å². The molecule has 4 aliphatic rings. The van der Waals surface area contributed by atoms with Gasteiger partial charge in [0.1, 0.15) is 29.9 Å². The van der Waals surface area contributed by atoms with Crippen LogP contribution in [0.15, 0.2) is 18.2 Å². The third-order valence-electron chi connectivity index (χ3n) is 9.46. The van der Waals surface area contributed by atoms with Gasteiger partial charge in [0.25, 0.3) is 0 Å². The molecule has 226 valence electrons. The number of piperazine rings is 1. The van der Waals surface area contributed by atoms with Crippen molar-refractivity contribution in [3.05, 3.63) is 34.9 Å². The molecule has 0 saturated carbocycles. The monoisotopic (exact) mass is 630 g/mol. The van der Waals surface area contributed by atoms with Crippen LogP contribution in [0.3, 0.4) is 0 Å². The van der Waals surface area contributed by atoms with E-state index in [-0.39, 0.29) is 49.6 Å². The van der Waals surface area contributed by atoms with Crippen LogP contribution in [0.5, 0.6) is 6.01 Å². The second-order valence-corrected chi connectivity index (χ2v) is 13.6. The molecule has 4 N–H and O–H groups in total. The number of aromatic nitrogens is 3. The fourth-order valence-electron chi connectivity index (χ4n) is 7.35. The third-order valence-corrected chi connectivity index (χ3v) is 10.6. The number of alkyl halides is 1. The number of nitrogens with one attached hydrogen (secondary N) is 2. The smallest absolute Gasteiger partial charge is 0.319 e. The first kappa shape index (κ1) is 27.6. The summed E-state index contributed by atoms with van der Waals surface area (Å²) in [6, 6.07) is 4.40. The van der Waals surface area contributed by atoms with Gasteiger partial charge in [-0.2, -0.15) is 9.97 Å². The number of nitrogen functional groups attached to an aromatic ring is 1. The molecule has 14 heteroatoms. The van der Waals surface area contributed by atoms with Gasteiger partial charge in [-0.15, -0.1) is 0 Å². The minimum Gasteiger partial charge on any atom is -0.461 e. The van der Waals surface area contributed by atoms with Crippen molar-refractivity contribution in [2.24, 2.45) is 0 Å². The SMILES string of the molecule is Nc1nc2c(-c3c(Cl)cc4c(N5CCNC6(CNC6)C5)nc(OC[C@@]56CCCN5C[C@H](F)C6)nc4c3F)ccc(F)c2s1. The van der Waals surface area contributed by atoms with Crippen LogP contribution < -0.4 is 26.0 Å². The van der Waals surface area contributed by atoms with E-state index in [9.17, 15) is 8.78 Å². The number of benzene rings is 2. The van der Waals surface area contributed by atoms with Gasteiger partial charge in [0, 0.05) is 62.2 Å². The number of hydrogen-bond donors (Lipinski definition) is 3. The molecule has 0 amide bonds. The summed E-state index contributed by atoms with van der Waals surface area (Å²) in [6.45, 7) is 5.10. The summed E-state index contributed by atoms with van der Waals surface area (Å²) in [7, 11) is 0. The van der Waals surface area contributed by atoms with Crippen molar-refractivity contribution < 1.29 is 17.9 Å². The van der Waals surface area contributed by atoms with E-state index in [2.05, 4.69) is 30.4 Å². The molecule has 0 unspecified atom stereocenters. The van der Waals surface area contributed by atoms with Crippen LogP contribution in [0.1, 0.15) is 19.3 Å². The Kier molecular flexibility index (Phi) is 6.43. The van der Waals surface area contributed by atoms with Crippen molar-refractivity contribution in [1.82, 2.24) is 30.5 Å². The summed E-state index contributed by atoms with van der Waals surface area (Å²) in [5.74, 6) is -0.653. The lowest BCUT2D eigenvalue weighted by Crippen LogP contribution is -2.75. The van der Waals surface area contributed by atoms with Crippen LogP contribution in [-0.4, -0.2) is 89.5 Å². The second-order valence-electron chi connectivity index (χ2n) is 12.2. The molecule has 4 aromatic rings. The minimum atomic E-state index is -0.903. The van der Waals surface area contributed by atoms with Crippen LogP contribution in [0.2, 0.25) is 5.02 Å². The number of halogens is 4. The molecule has 2 atom stereocenters. The van der Waals surface area contributed by atoms with Gasteiger partial charge in [0.15, 0.2) is 10.9 Å². The predicted octanol–water partition coefficient (Wildman–Crippen LogP) is 4.13. The number of rotatable bonds is 5. The predicted molar refractivity (Wildman–Crippen MR) is 162 cm³/mol. The second kappa shape index (κ2) is 10.0. The zero-order chi connectivity index (χ0) is 29.5. The summed E-state index contributed by atoms with van der Waals surface area (Å²) < 4.78 is 52.2. The number of nitrogens with zero attached hydrogens (tertiary/aromatic N) is 5. The normalized spacial score (nSPS) is 25.1. The van der Waals surface area contributed by atoms with Crippen molar-refractivity contribution in [3.8, 4) is 17.1 Å². The Balaban J connectivity index is 1.26. The summed E-state index contributed by atoms with van der Waals surface area (Å²) in [4.78, 5) is 17.9. The van der Waals surface area contributed by atoms with Crippen LogP contribution in [0.4, 0.5) is 24.1 Å². The van der Waals surface area contributed by atoms with E-state index in [4.69, 9.17) is 27.1 Å². The van der Waals surface area contributed by atoms with Gasteiger partial charge in [-0.05, 0) is 37.6 Å². The zero-order valence-corrected chi connectivity index (χ0v) is 24.8. The highest BCUT2D eigenvalue weighted by atomic mass is 35.5. The van der Waals surface area contributed by atoms with Crippen molar-refractivity contribution in [1.29, 1.82) is 0 Å². The number of fused-ring (bicyclic) bond motifs is 3. The molecule has 4 saturated heterocycles. The highest BCUT2D eigenvalue weighted by Crippen LogP contribution is 2.44. The van der Waals surface area contributed by atoms with Gasteiger partial charge in [-0.3, -0.25) is 4.90 Å². The van der Waals surface area contributed by atoms with Crippen LogP contribution in [-0.2, 0) is 0 Å². The molecule has 43 heavy (non-hydrogen) atoms. The standard InChI is InChI=1S/C29H30ClF3N8OS/c30-18-8-17-22(21(33)20(18)16-2-3-19(32)24-23(16)37-26(34)43-24)38-27(42-14-29-4-1-6-41(29)10-15(31)9-29)39-25(17)40-7-5-36-28(13-40)11-35-12-28/h2-3,8,15,35-36H,1,4-7,9-14H2,(H2,34,37)/t15-,29+/m1/s1. The van der Waals surface area contributed by atoms with Crippen LogP contribution >= 0.6 is 22.9 Å². The number of anilines is 2.